The Kier molecular flexibility index (Phi) is 7.55. The topological polar surface area (TPSA) is 121 Å². The van der Waals surface area contributed by atoms with E-state index in [9.17, 15) is 23.1 Å². The number of anilines is 5. The molecule has 12 heteroatoms. The van der Waals surface area contributed by atoms with Crippen molar-refractivity contribution in [3.8, 4) is 5.88 Å². The van der Waals surface area contributed by atoms with E-state index in [0.29, 0.717) is 17.6 Å². The summed E-state index contributed by atoms with van der Waals surface area (Å²) in [7, 11) is 0. The summed E-state index contributed by atoms with van der Waals surface area (Å²) < 4.78 is 46.0. The van der Waals surface area contributed by atoms with Crippen molar-refractivity contribution >= 4 is 34.7 Å². The monoisotopic (exact) mass is 488 g/mol. The van der Waals surface area contributed by atoms with E-state index in [4.69, 9.17) is 4.74 Å². The van der Waals surface area contributed by atoms with Crippen molar-refractivity contribution in [1.29, 1.82) is 0 Å². The number of pyridine rings is 1. The summed E-state index contributed by atoms with van der Waals surface area (Å²) in [6.45, 7) is 6.56. The van der Waals surface area contributed by atoms with Gasteiger partial charge in [-0.1, -0.05) is 12.6 Å². The lowest BCUT2D eigenvalue weighted by atomic mass is 10.2. The van der Waals surface area contributed by atoms with Crippen LogP contribution in [0.1, 0.15) is 19.4 Å². The Labute approximate surface area is 199 Å². The van der Waals surface area contributed by atoms with Crippen LogP contribution in [0.4, 0.5) is 42.0 Å². The number of halogens is 3. The maximum Gasteiger partial charge on any atom is 0.421 e. The Morgan fingerprint density at radius 1 is 1.09 bits per heavy atom. The molecule has 2 heterocycles. The Hall–Kier alpha value is -4.19. The van der Waals surface area contributed by atoms with Gasteiger partial charge in [-0.2, -0.15) is 18.2 Å². The van der Waals surface area contributed by atoms with Crippen LogP contribution in [0.3, 0.4) is 0 Å². The summed E-state index contributed by atoms with van der Waals surface area (Å²) in [6.07, 6.45) is -1.59. The molecular weight excluding hydrogens is 465 g/mol. The number of rotatable bonds is 9. The number of alkyl halides is 3. The van der Waals surface area contributed by atoms with E-state index in [-0.39, 0.29) is 24.1 Å². The molecule has 0 aliphatic carbocycles. The second-order valence-corrected chi connectivity index (χ2v) is 7.96. The highest BCUT2D eigenvalue weighted by atomic mass is 19.4. The SMILES string of the molecule is C=CC(=O)Nc1cccc(Nc2nc(Nc3ccc(OCC(C)(C)O)nc3)ncc2C(F)(F)F)c1. The molecule has 0 aliphatic rings. The Morgan fingerprint density at radius 2 is 1.83 bits per heavy atom. The predicted molar refractivity (Wildman–Crippen MR) is 125 cm³/mol. The molecule has 2 aromatic heterocycles. The van der Waals surface area contributed by atoms with Gasteiger partial charge in [0, 0.05) is 23.6 Å². The average molecular weight is 488 g/mol. The molecule has 0 fully saturated rings. The molecule has 3 aromatic rings. The van der Waals surface area contributed by atoms with Crippen molar-refractivity contribution in [2.24, 2.45) is 0 Å². The molecule has 0 saturated carbocycles. The smallest absolute Gasteiger partial charge is 0.421 e. The van der Waals surface area contributed by atoms with Crippen LogP contribution in [0.2, 0.25) is 0 Å². The highest BCUT2D eigenvalue weighted by Crippen LogP contribution is 2.35. The van der Waals surface area contributed by atoms with E-state index in [2.05, 4.69) is 37.5 Å². The number of carbonyl (C=O) groups is 1. The molecule has 0 radical (unpaired) electrons. The fraction of sp³-hybridized carbons (Fsp3) is 0.217. The summed E-state index contributed by atoms with van der Waals surface area (Å²) in [4.78, 5) is 23.3. The van der Waals surface area contributed by atoms with Gasteiger partial charge in [0.05, 0.1) is 17.5 Å². The van der Waals surface area contributed by atoms with Crippen molar-refractivity contribution in [2.75, 3.05) is 22.6 Å². The number of amides is 1. The van der Waals surface area contributed by atoms with Crippen LogP contribution in [-0.2, 0) is 11.0 Å². The van der Waals surface area contributed by atoms with Gasteiger partial charge >= 0.3 is 6.18 Å². The Morgan fingerprint density at radius 3 is 2.46 bits per heavy atom. The van der Waals surface area contributed by atoms with E-state index >= 15 is 0 Å². The van der Waals surface area contributed by atoms with E-state index in [1.165, 1.54) is 24.4 Å². The van der Waals surface area contributed by atoms with Crippen molar-refractivity contribution < 1.29 is 27.8 Å². The highest BCUT2D eigenvalue weighted by molar-refractivity contribution is 5.99. The van der Waals surface area contributed by atoms with Crippen LogP contribution < -0.4 is 20.7 Å². The lowest BCUT2D eigenvalue weighted by Gasteiger charge is -2.17. The maximum absolute atomic E-state index is 13.6. The molecular formula is C23H23F3N6O3. The van der Waals surface area contributed by atoms with Gasteiger partial charge in [-0.05, 0) is 44.2 Å². The Bertz CT molecular complexity index is 1190. The van der Waals surface area contributed by atoms with E-state index in [1.54, 1.807) is 32.0 Å². The third-order valence-corrected chi connectivity index (χ3v) is 4.24. The molecule has 0 bridgehead atoms. The zero-order valence-corrected chi connectivity index (χ0v) is 18.8. The van der Waals surface area contributed by atoms with E-state index < -0.39 is 29.1 Å². The zero-order chi connectivity index (χ0) is 25.6. The van der Waals surface area contributed by atoms with Crippen LogP contribution in [0, 0.1) is 0 Å². The minimum atomic E-state index is -4.71. The van der Waals surface area contributed by atoms with Crippen LogP contribution in [0.25, 0.3) is 0 Å². The number of carbonyl (C=O) groups excluding carboxylic acids is 1. The first kappa shape index (κ1) is 25.4. The van der Waals surface area contributed by atoms with Crippen LogP contribution >= 0.6 is 0 Å². The number of benzene rings is 1. The molecule has 0 spiro atoms. The number of hydrogen-bond donors (Lipinski definition) is 4. The number of nitrogens with one attached hydrogen (secondary N) is 3. The fourth-order valence-electron chi connectivity index (χ4n) is 2.67. The third-order valence-electron chi connectivity index (χ3n) is 4.24. The van der Waals surface area contributed by atoms with E-state index in [0.717, 1.165) is 6.08 Å². The number of aliphatic hydroxyl groups is 1. The number of nitrogens with zero attached hydrogens (tertiary/aromatic N) is 3. The Balaban J connectivity index is 1.81. The number of hydrogen-bond acceptors (Lipinski definition) is 8. The highest BCUT2D eigenvalue weighted by Gasteiger charge is 2.35. The van der Waals surface area contributed by atoms with E-state index in [1.807, 2.05) is 0 Å². The molecule has 0 atom stereocenters. The molecule has 184 valence electrons. The first-order valence-corrected chi connectivity index (χ1v) is 10.3. The average Bonchev–Trinajstić information content (AvgIpc) is 2.77. The lowest BCUT2D eigenvalue weighted by Crippen LogP contribution is -2.28. The largest absolute Gasteiger partial charge is 0.475 e. The maximum atomic E-state index is 13.6. The fourth-order valence-corrected chi connectivity index (χ4v) is 2.67. The molecule has 4 N–H and O–H groups in total. The summed E-state index contributed by atoms with van der Waals surface area (Å²) in [5, 5.41) is 17.7. The molecule has 9 nitrogen and oxygen atoms in total. The number of aromatic nitrogens is 3. The van der Waals surface area contributed by atoms with Crippen molar-refractivity contribution in [1.82, 2.24) is 15.0 Å². The zero-order valence-electron chi connectivity index (χ0n) is 18.8. The molecule has 35 heavy (non-hydrogen) atoms. The molecule has 1 amide bonds. The molecule has 3 rings (SSSR count). The first-order valence-electron chi connectivity index (χ1n) is 10.3. The molecule has 0 saturated heterocycles. The van der Waals surface area contributed by atoms with Gasteiger partial charge in [-0.3, -0.25) is 4.79 Å². The normalized spacial score (nSPS) is 11.5. The van der Waals surface area contributed by atoms with Gasteiger partial charge < -0.3 is 25.8 Å². The van der Waals surface area contributed by atoms with Crippen molar-refractivity contribution in [3.63, 3.8) is 0 Å². The van der Waals surface area contributed by atoms with Gasteiger partial charge in [0.2, 0.25) is 17.7 Å². The summed E-state index contributed by atoms with van der Waals surface area (Å²) in [5.41, 5.74) is -1.08. The van der Waals surface area contributed by atoms with Crippen molar-refractivity contribution in [3.05, 3.63) is 67.0 Å². The van der Waals surface area contributed by atoms with Crippen LogP contribution in [0.15, 0.2) is 61.4 Å². The lowest BCUT2D eigenvalue weighted by molar-refractivity contribution is -0.137. The van der Waals surface area contributed by atoms with Crippen LogP contribution in [-0.4, -0.2) is 38.2 Å². The molecule has 0 aliphatic heterocycles. The van der Waals surface area contributed by atoms with Crippen molar-refractivity contribution in [2.45, 2.75) is 25.6 Å². The summed E-state index contributed by atoms with van der Waals surface area (Å²) >= 11 is 0. The van der Waals surface area contributed by atoms with Crippen LogP contribution in [0.5, 0.6) is 5.88 Å². The molecule has 0 unspecified atom stereocenters. The van der Waals surface area contributed by atoms with Gasteiger partial charge in [0.25, 0.3) is 0 Å². The standard InChI is InChI=1S/C23H23F3N6O3/c1-4-18(33)29-14-6-5-7-15(10-14)30-20-17(23(24,25)26)12-28-21(32-20)31-16-8-9-19(27-11-16)35-13-22(2,3)34/h4-12,34H,1,13H2,2-3H3,(H,29,33)(H2,28,30,31,32). The third kappa shape index (κ3) is 7.67. The number of ether oxygens (including phenoxy) is 1. The molecule has 1 aromatic carbocycles. The first-order chi connectivity index (χ1) is 16.4. The van der Waals surface area contributed by atoms with Gasteiger partial charge in [0.15, 0.2) is 0 Å². The minimum Gasteiger partial charge on any atom is -0.475 e. The quantitative estimate of drug-likeness (QED) is 0.321. The second-order valence-electron chi connectivity index (χ2n) is 7.96. The summed E-state index contributed by atoms with van der Waals surface area (Å²) in [5.74, 6) is -0.794. The summed E-state index contributed by atoms with van der Waals surface area (Å²) in [6, 6.07) is 9.21. The minimum absolute atomic E-state index is 0.0300. The van der Waals surface area contributed by atoms with Gasteiger partial charge in [-0.15, -0.1) is 0 Å². The second kappa shape index (κ2) is 10.4. The predicted octanol–water partition coefficient (Wildman–Crippen LogP) is 4.65. The van der Waals surface area contributed by atoms with Gasteiger partial charge in [-0.25, -0.2) is 9.97 Å². The van der Waals surface area contributed by atoms with Gasteiger partial charge in [0.1, 0.15) is 18.0 Å².